The van der Waals surface area contributed by atoms with E-state index in [-0.39, 0.29) is 11.9 Å². The number of rotatable bonds is 7. The molecule has 3 nitrogen and oxygen atoms in total. The van der Waals surface area contributed by atoms with Crippen LogP contribution in [0.2, 0.25) is 0 Å². The van der Waals surface area contributed by atoms with Gasteiger partial charge in [0, 0.05) is 25.2 Å². The zero-order valence-corrected chi connectivity index (χ0v) is 12.4. The van der Waals surface area contributed by atoms with Gasteiger partial charge in [0.1, 0.15) is 5.82 Å². The van der Waals surface area contributed by atoms with Crippen molar-refractivity contribution in [2.24, 2.45) is 0 Å². The summed E-state index contributed by atoms with van der Waals surface area (Å²) in [6.07, 6.45) is 2.09. The molecule has 20 heavy (non-hydrogen) atoms. The molecule has 0 aliphatic carbocycles. The van der Waals surface area contributed by atoms with E-state index in [4.69, 9.17) is 4.74 Å². The van der Waals surface area contributed by atoms with Crippen LogP contribution in [-0.4, -0.2) is 44.3 Å². The van der Waals surface area contributed by atoms with E-state index in [1.165, 1.54) is 6.07 Å². The Hall–Kier alpha value is -0.970. The first-order chi connectivity index (χ1) is 9.70. The molecule has 2 rings (SSSR count). The minimum atomic E-state index is -0.164. The first kappa shape index (κ1) is 15.4. The molecule has 1 saturated heterocycles. The first-order valence-electron chi connectivity index (χ1n) is 7.47. The van der Waals surface area contributed by atoms with E-state index >= 15 is 0 Å². The number of ether oxygens (including phenoxy) is 1. The van der Waals surface area contributed by atoms with Crippen LogP contribution in [-0.2, 0) is 4.74 Å². The summed E-state index contributed by atoms with van der Waals surface area (Å²) in [5.41, 5.74) is 1.03. The zero-order chi connectivity index (χ0) is 14.4. The van der Waals surface area contributed by atoms with Gasteiger partial charge in [-0.2, -0.15) is 0 Å². The van der Waals surface area contributed by atoms with Crippen LogP contribution >= 0.6 is 0 Å². The molecule has 0 amide bonds. The highest BCUT2D eigenvalue weighted by Crippen LogP contribution is 2.19. The third-order valence-electron chi connectivity index (χ3n) is 4.00. The number of benzene rings is 1. The lowest BCUT2D eigenvalue weighted by molar-refractivity contribution is 0.156. The largest absolute Gasteiger partial charge is 0.380 e. The second kappa shape index (κ2) is 7.72. The van der Waals surface area contributed by atoms with Crippen LogP contribution in [0.25, 0.3) is 0 Å². The molecule has 1 aromatic carbocycles. The van der Waals surface area contributed by atoms with Crippen molar-refractivity contribution in [1.82, 2.24) is 10.2 Å². The average Bonchev–Trinajstić information content (AvgIpc) is 2.97. The van der Waals surface area contributed by atoms with E-state index in [0.29, 0.717) is 6.04 Å². The highest BCUT2D eigenvalue weighted by atomic mass is 19.1. The van der Waals surface area contributed by atoms with E-state index in [1.54, 1.807) is 12.1 Å². The van der Waals surface area contributed by atoms with Gasteiger partial charge in [0.2, 0.25) is 0 Å². The van der Waals surface area contributed by atoms with Gasteiger partial charge >= 0.3 is 0 Å². The standard InChI is InChI=1S/C16H25FN2O/c1-3-18-16(13-5-4-6-14(17)11-13)7-9-19(2)15-8-10-20-12-15/h4-6,11,15-16,18H,3,7-10,12H2,1-2H3. The molecule has 1 aliphatic rings. The monoisotopic (exact) mass is 280 g/mol. The highest BCUT2D eigenvalue weighted by Gasteiger charge is 2.21. The van der Waals surface area contributed by atoms with Crippen LogP contribution in [0.3, 0.4) is 0 Å². The van der Waals surface area contributed by atoms with Crippen molar-refractivity contribution < 1.29 is 9.13 Å². The van der Waals surface area contributed by atoms with Crippen LogP contribution in [0.15, 0.2) is 24.3 Å². The molecule has 0 saturated carbocycles. The van der Waals surface area contributed by atoms with Crippen molar-refractivity contribution in [1.29, 1.82) is 0 Å². The van der Waals surface area contributed by atoms with Gasteiger partial charge in [-0.25, -0.2) is 4.39 Å². The Morgan fingerprint density at radius 3 is 3.00 bits per heavy atom. The van der Waals surface area contributed by atoms with Crippen LogP contribution in [0, 0.1) is 5.82 Å². The molecule has 1 heterocycles. The molecular weight excluding hydrogens is 255 g/mol. The maximum absolute atomic E-state index is 13.4. The number of hydrogen-bond acceptors (Lipinski definition) is 3. The normalized spacial score (nSPS) is 20.5. The molecule has 2 unspecified atom stereocenters. The molecule has 4 heteroatoms. The van der Waals surface area contributed by atoms with Crippen LogP contribution in [0.5, 0.6) is 0 Å². The Labute approximate surface area is 121 Å². The summed E-state index contributed by atoms with van der Waals surface area (Å²) >= 11 is 0. The van der Waals surface area contributed by atoms with Crippen LogP contribution in [0.4, 0.5) is 4.39 Å². The minimum absolute atomic E-state index is 0.164. The van der Waals surface area contributed by atoms with Crippen molar-refractivity contribution in [3.8, 4) is 0 Å². The molecular formula is C16H25FN2O. The average molecular weight is 280 g/mol. The second-order valence-electron chi connectivity index (χ2n) is 5.45. The first-order valence-corrected chi connectivity index (χ1v) is 7.47. The lowest BCUT2D eigenvalue weighted by Crippen LogP contribution is -2.35. The lowest BCUT2D eigenvalue weighted by Gasteiger charge is -2.26. The Balaban J connectivity index is 1.91. The molecule has 0 spiro atoms. The maximum atomic E-state index is 13.4. The molecule has 1 N–H and O–H groups in total. The SMILES string of the molecule is CCNC(CCN(C)C1CCOC1)c1cccc(F)c1. The van der Waals surface area contributed by atoms with Gasteiger partial charge in [-0.1, -0.05) is 19.1 Å². The molecule has 0 radical (unpaired) electrons. The minimum Gasteiger partial charge on any atom is -0.380 e. The summed E-state index contributed by atoms with van der Waals surface area (Å²) in [6.45, 7) is 5.67. The van der Waals surface area contributed by atoms with E-state index in [1.807, 2.05) is 6.07 Å². The predicted octanol–water partition coefficient (Wildman–Crippen LogP) is 2.59. The van der Waals surface area contributed by atoms with Gasteiger partial charge in [-0.3, -0.25) is 0 Å². The van der Waals surface area contributed by atoms with Gasteiger partial charge < -0.3 is 15.0 Å². The molecule has 2 atom stereocenters. The predicted molar refractivity (Wildman–Crippen MR) is 79.3 cm³/mol. The summed E-state index contributed by atoms with van der Waals surface area (Å²) in [7, 11) is 2.15. The molecule has 0 aromatic heterocycles. The fourth-order valence-electron chi connectivity index (χ4n) is 2.74. The number of nitrogens with one attached hydrogen (secondary N) is 1. The molecule has 1 aliphatic heterocycles. The van der Waals surface area contributed by atoms with Crippen molar-refractivity contribution in [3.05, 3.63) is 35.6 Å². The molecule has 112 valence electrons. The summed E-state index contributed by atoms with van der Waals surface area (Å²) in [5, 5.41) is 3.45. The third-order valence-corrected chi connectivity index (χ3v) is 4.00. The third kappa shape index (κ3) is 4.27. The number of nitrogens with zero attached hydrogens (tertiary/aromatic N) is 1. The van der Waals surface area contributed by atoms with Crippen LogP contribution < -0.4 is 5.32 Å². The highest BCUT2D eigenvalue weighted by molar-refractivity contribution is 5.20. The zero-order valence-electron chi connectivity index (χ0n) is 12.4. The van der Waals surface area contributed by atoms with Gasteiger partial charge in [0.05, 0.1) is 6.61 Å². The van der Waals surface area contributed by atoms with Gasteiger partial charge in [-0.15, -0.1) is 0 Å². The van der Waals surface area contributed by atoms with Gasteiger partial charge in [-0.05, 0) is 44.1 Å². The summed E-state index contributed by atoms with van der Waals surface area (Å²) in [4.78, 5) is 2.36. The number of likely N-dealkylation sites (N-methyl/N-ethyl adjacent to an activating group) is 1. The lowest BCUT2D eigenvalue weighted by atomic mass is 10.0. The van der Waals surface area contributed by atoms with Crippen molar-refractivity contribution in [2.45, 2.75) is 31.8 Å². The number of halogens is 1. The van der Waals surface area contributed by atoms with E-state index < -0.39 is 0 Å². The van der Waals surface area contributed by atoms with Crippen molar-refractivity contribution in [2.75, 3.05) is 33.4 Å². The Morgan fingerprint density at radius 2 is 2.35 bits per heavy atom. The van der Waals surface area contributed by atoms with E-state index in [2.05, 4.69) is 24.2 Å². The van der Waals surface area contributed by atoms with E-state index in [9.17, 15) is 4.39 Å². The molecule has 1 aromatic rings. The summed E-state index contributed by atoms with van der Waals surface area (Å²) < 4.78 is 18.8. The summed E-state index contributed by atoms with van der Waals surface area (Å²) in [6, 6.07) is 7.64. The molecule has 0 bridgehead atoms. The smallest absolute Gasteiger partial charge is 0.123 e. The van der Waals surface area contributed by atoms with Crippen molar-refractivity contribution in [3.63, 3.8) is 0 Å². The van der Waals surface area contributed by atoms with Crippen molar-refractivity contribution >= 4 is 0 Å². The Bertz CT molecular complexity index is 407. The Kier molecular flexibility index (Phi) is 5.95. The topological polar surface area (TPSA) is 24.5 Å². The molecule has 1 fully saturated rings. The quantitative estimate of drug-likeness (QED) is 0.831. The summed E-state index contributed by atoms with van der Waals surface area (Å²) in [5.74, 6) is -0.164. The van der Waals surface area contributed by atoms with Gasteiger partial charge in [0.25, 0.3) is 0 Å². The van der Waals surface area contributed by atoms with Gasteiger partial charge in [0.15, 0.2) is 0 Å². The Morgan fingerprint density at radius 1 is 1.50 bits per heavy atom. The number of hydrogen-bond donors (Lipinski definition) is 1. The van der Waals surface area contributed by atoms with Crippen LogP contribution in [0.1, 0.15) is 31.4 Å². The van der Waals surface area contributed by atoms with E-state index in [0.717, 1.165) is 44.7 Å². The fraction of sp³-hybridized carbons (Fsp3) is 0.625. The fourth-order valence-corrected chi connectivity index (χ4v) is 2.74. The maximum Gasteiger partial charge on any atom is 0.123 e. The second-order valence-corrected chi connectivity index (χ2v) is 5.45.